The van der Waals surface area contributed by atoms with Gasteiger partial charge in [-0.15, -0.1) is 0 Å². The van der Waals surface area contributed by atoms with E-state index < -0.39 is 17.5 Å². The number of H-pyrrole nitrogens is 1. The molecular formula is C23H25ClN6O2. The zero-order valence-corrected chi connectivity index (χ0v) is 18.6. The molecule has 1 aromatic carbocycles. The summed E-state index contributed by atoms with van der Waals surface area (Å²) in [5.74, 6) is -0.508. The van der Waals surface area contributed by atoms with Gasteiger partial charge >= 0.3 is 0 Å². The van der Waals surface area contributed by atoms with Crippen LogP contribution in [0.2, 0.25) is 5.02 Å². The van der Waals surface area contributed by atoms with Gasteiger partial charge in [-0.25, -0.2) is 9.97 Å². The van der Waals surface area contributed by atoms with Gasteiger partial charge in [-0.2, -0.15) is 0 Å². The molecule has 3 heterocycles. The number of carbonyl (C=O) groups excluding carboxylic acids is 2. The number of benzene rings is 1. The molecule has 2 unspecified atom stereocenters. The van der Waals surface area contributed by atoms with Crippen molar-refractivity contribution in [1.82, 2.24) is 25.2 Å². The Morgan fingerprint density at radius 3 is 2.97 bits per heavy atom. The van der Waals surface area contributed by atoms with E-state index in [-0.39, 0.29) is 11.6 Å². The SMILES string of the molecule is CN1Cc2cnc(C(=O)NC3CCCCC3(N)C(=O)c3cc4cc(Cl)ccc4[nH]3)nc2C1. The molecule has 5 rings (SSSR count). The van der Waals surface area contributed by atoms with Crippen molar-refractivity contribution in [1.29, 1.82) is 0 Å². The largest absolute Gasteiger partial charge is 0.352 e. The predicted octanol–water partition coefficient (Wildman–Crippen LogP) is 2.81. The number of aromatic nitrogens is 3. The minimum Gasteiger partial charge on any atom is -0.352 e. The number of hydrogen-bond acceptors (Lipinski definition) is 6. The topological polar surface area (TPSA) is 117 Å². The van der Waals surface area contributed by atoms with E-state index in [1.165, 1.54) is 0 Å². The van der Waals surface area contributed by atoms with Crippen LogP contribution in [0.3, 0.4) is 0 Å². The molecule has 32 heavy (non-hydrogen) atoms. The number of nitrogens with two attached hydrogens (primary N) is 1. The molecule has 1 saturated carbocycles. The second kappa shape index (κ2) is 7.95. The van der Waals surface area contributed by atoms with Crippen LogP contribution in [-0.2, 0) is 13.1 Å². The second-order valence-corrected chi connectivity index (χ2v) is 9.33. The molecule has 4 N–H and O–H groups in total. The summed E-state index contributed by atoms with van der Waals surface area (Å²) >= 11 is 6.08. The van der Waals surface area contributed by atoms with Crippen molar-refractivity contribution in [3.8, 4) is 0 Å². The van der Waals surface area contributed by atoms with Gasteiger partial charge in [0.25, 0.3) is 5.91 Å². The van der Waals surface area contributed by atoms with Crippen LogP contribution < -0.4 is 11.1 Å². The summed E-state index contributed by atoms with van der Waals surface area (Å²) in [6.07, 6.45) is 4.52. The van der Waals surface area contributed by atoms with E-state index in [1.807, 2.05) is 13.1 Å². The molecule has 1 fully saturated rings. The molecule has 0 bridgehead atoms. The van der Waals surface area contributed by atoms with Crippen molar-refractivity contribution in [2.24, 2.45) is 5.73 Å². The first-order valence-electron chi connectivity index (χ1n) is 10.8. The summed E-state index contributed by atoms with van der Waals surface area (Å²) in [6.45, 7) is 1.46. The van der Waals surface area contributed by atoms with Crippen LogP contribution in [0.15, 0.2) is 30.5 Å². The number of Topliss-reactive ketones (excluding diaryl/α,β-unsaturated/α-hetero) is 1. The van der Waals surface area contributed by atoms with Crippen molar-refractivity contribution in [2.75, 3.05) is 7.05 Å². The van der Waals surface area contributed by atoms with Crippen molar-refractivity contribution < 1.29 is 9.59 Å². The maximum Gasteiger partial charge on any atom is 0.289 e. The first-order valence-corrected chi connectivity index (χ1v) is 11.2. The summed E-state index contributed by atoms with van der Waals surface area (Å²) in [4.78, 5) is 40.5. The molecule has 1 amide bonds. The number of nitrogens with zero attached hydrogens (tertiary/aromatic N) is 3. The minimum atomic E-state index is -1.21. The van der Waals surface area contributed by atoms with Gasteiger partial charge in [0.2, 0.25) is 11.6 Å². The maximum absolute atomic E-state index is 13.5. The Morgan fingerprint density at radius 1 is 1.28 bits per heavy atom. The Balaban J connectivity index is 1.39. The van der Waals surface area contributed by atoms with Crippen LogP contribution >= 0.6 is 11.6 Å². The van der Waals surface area contributed by atoms with E-state index in [9.17, 15) is 9.59 Å². The monoisotopic (exact) mass is 452 g/mol. The van der Waals surface area contributed by atoms with Crippen molar-refractivity contribution in [2.45, 2.75) is 50.4 Å². The molecule has 2 atom stereocenters. The third kappa shape index (κ3) is 3.68. The average Bonchev–Trinajstić information content (AvgIpc) is 3.36. The lowest BCUT2D eigenvalue weighted by atomic mass is 9.74. The number of amides is 1. The normalized spacial score (nSPS) is 23.3. The zero-order valence-electron chi connectivity index (χ0n) is 17.8. The van der Waals surface area contributed by atoms with Crippen molar-refractivity contribution in [3.05, 3.63) is 58.3 Å². The van der Waals surface area contributed by atoms with Crippen molar-refractivity contribution in [3.63, 3.8) is 0 Å². The smallest absolute Gasteiger partial charge is 0.289 e. The average molecular weight is 453 g/mol. The van der Waals surface area contributed by atoms with E-state index in [0.717, 1.165) is 41.5 Å². The Kier molecular flexibility index (Phi) is 5.23. The number of rotatable bonds is 4. The van der Waals surface area contributed by atoms with E-state index >= 15 is 0 Å². The Hall–Kier alpha value is -2.81. The van der Waals surface area contributed by atoms with E-state index in [0.29, 0.717) is 30.1 Å². The van der Waals surface area contributed by atoms with Crippen LogP contribution in [0, 0.1) is 0 Å². The number of carbonyl (C=O) groups is 2. The third-order valence-electron chi connectivity index (χ3n) is 6.53. The lowest BCUT2D eigenvalue weighted by Gasteiger charge is -2.39. The fourth-order valence-corrected chi connectivity index (χ4v) is 4.97. The van der Waals surface area contributed by atoms with Gasteiger partial charge in [-0.05, 0) is 44.2 Å². The highest BCUT2D eigenvalue weighted by Gasteiger charge is 2.45. The van der Waals surface area contributed by atoms with Gasteiger partial charge in [0.05, 0.1) is 17.4 Å². The van der Waals surface area contributed by atoms with Gasteiger partial charge < -0.3 is 16.0 Å². The summed E-state index contributed by atoms with van der Waals surface area (Å²) < 4.78 is 0. The number of fused-ring (bicyclic) bond motifs is 2. The Bertz CT molecular complexity index is 1220. The lowest BCUT2D eigenvalue weighted by molar-refractivity contribution is 0.0751. The summed E-state index contributed by atoms with van der Waals surface area (Å²) in [5.41, 5.74) is 8.62. The number of halogens is 1. The highest BCUT2D eigenvalue weighted by atomic mass is 35.5. The van der Waals surface area contributed by atoms with Crippen LogP contribution in [-0.4, -0.2) is 50.2 Å². The van der Waals surface area contributed by atoms with Gasteiger partial charge in [0.1, 0.15) is 5.54 Å². The van der Waals surface area contributed by atoms with Crippen LogP contribution in [0.25, 0.3) is 10.9 Å². The third-order valence-corrected chi connectivity index (χ3v) is 6.76. The molecule has 0 saturated heterocycles. The van der Waals surface area contributed by atoms with Crippen LogP contribution in [0.1, 0.15) is 58.0 Å². The number of nitrogens with one attached hydrogen (secondary N) is 2. The van der Waals surface area contributed by atoms with E-state index in [4.69, 9.17) is 17.3 Å². The second-order valence-electron chi connectivity index (χ2n) is 8.89. The summed E-state index contributed by atoms with van der Waals surface area (Å²) in [7, 11) is 2.00. The van der Waals surface area contributed by atoms with Gasteiger partial charge in [-0.1, -0.05) is 24.4 Å². The van der Waals surface area contributed by atoms with E-state index in [1.54, 1.807) is 24.4 Å². The summed E-state index contributed by atoms with van der Waals surface area (Å²) in [6, 6.07) is 6.67. The standard InChI is InChI=1S/C23H25ClN6O2/c1-30-11-14-10-26-21(28-18(14)12-30)22(32)29-19-4-2-3-7-23(19,25)20(31)17-9-13-8-15(24)5-6-16(13)27-17/h5-6,8-10,19,27H,2-4,7,11-12,25H2,1H3,(H,29,32). The van der Waals surface area contributed by atoms with Gasteiger partial charge in [-0.3, -0.25) is 14.5 Å². The molecule has 1 aliphatic carbocycles. The molecule has 3 aromatic rings. The first-order chi connectivity index (χ1) is 15.3. The predicted molar refractivity (Wildman–Crippen MR) is 121 cm³/mol. The Morgan fingerprint density at radius 2 is 2.12 bits per heavy atom. The minimum absolute atomic E-state index is 0.111. The Labute approximate surface area is 190 Å². The van der Waals surface area contributed by atoms with Gasteiger partial charge in [0, 0.05) is 40.8 Å². The van der Waals surface area contributed by atoms with Crippen LogP contribution in [0.5, 0.6) is 0 Å². The quantitative estimate of drug-likeness (QED) is 0.524. The molecule has 2 aliphatic rings. The molecule has 8 nitrogen and oxygen atoms in total. The fraction of sp³-hybridized carbons (Fsp3) is 0.391. The highest BCUT2D eigenvalue weighted by molar-refractivity contribution is 6.31. The number of hydrogen-bond donors (Lipinski definition) is 3. The van der Waals surface area contributed by atoms with E-state index in [2.05, 4.69) is 25.2 Å². The number of aromatic amines is 1. The molecule has 0 radical (unpaired) electrons. The molecular weight excluding hydrogens is 428 g/mol. The van der Waals surface area contributed by atoms with Crippen molar-refractivity contribution >= 4 is 34.2 Å². The van der Waals surface area contributed by atoms with Crippen LogP contribution in [0.4, 0.5) is 0 Å². The fourth-order valence-electron chi connectivity index (χ4n) is 4.79. The number of ketones is 1. The maximum atomic E-state index is 13.5. The highest BCUT2D eigenvalue weighted by Crippen LogP contribution is 2.31. The zero-order chi connectivity index (χ0) is 22.5. The molecule has 9 heteroatoms. The summed E-state index contributed by atoms with van der Waals surface area (Å²) in [5, 5.41) is 4.41. The molecule has 0 spiro atoms. The molecule has 166 valence electrons. The lowest BCUT2D eigenvalue weighted by Crippen LogP contribution is -2.64. The molecule has 2 aromatic heterocycles. The molecule has 1 aliphatic heterocycles. The van der Waals surface area contributed by atoms with Gasteiger partial charge in [0.15, 0.2) is 0 Å². The first kappa shape index (κ1) is 21.1.